The fourth-order valence-electron chi connectivity index (χ4n) is 4.53. The lowest BCUT2D eigenvalue weighted by atomic mass is 10.0. The predicted molar refractivity (Wildman–Crippen MR) is 115 cm³/mol. The zero-order valence-electron chi connectivity index (χ0n) is 16.2. The minimum absolute atomic E-state index is 0.546. The molecule has 1 saturated heterocycles. The standard InChI is InChI=1S/C23H23N5O/c1-2-16-4-7-22-26-23(16)20(3-1)27-11-8-17(9-12-27)24-10-13-29-18-5-6-19-21(14-18)28(22)15-25-19/h1-7,14-15,17,24H,8-13H2. The highest BCUT2D eigenvalue weighted by atomic mass is 16.5. The quantitative estimate of drug-likeness (QED) is 0.502. The first-order valence-electron chi connectivity index (χ1n) is 10.3. The number of fused-ring (bicyclic) bond motifs is 5. The van der Waals surface area contributed by atoms with E-state index < -0.39 is 0 Å². The van der Waals surface area contributed by atoms with Crippen molar-refractivity contribution >= 4 is 27.6 Å². The number of benzene rings is 2. The molecule has 29 heavy (non-hydrogen) atoms. The average molecular weight is 385 g/mol. The van der Waals surface area contributed by atoms with Crippen molar-refractivity contribution in [3.63, 3.8) is 0 Å². The number of ether oxygens (including phenoxy) is 1. The molecule has 3 aliphatic heterocycles. The Morgan fingerprint density at radius 3 is 2.90 bits per heavy atom. The van der Waals surface area contributed by atoms with Gasteiger partial charge >= 0.3 is 0 Å². The third-order valence-corrected chi connectivity index (χ3v) is 6.09. The summed E-state index contributed by atoms with van der Waals surface area (Å²) < 4.78 is 8.06. The molecule has 7 rings (SSSR count). The number of nitrogens with zero attached hydrogens (tertiary/aromatic N) is 4. The lowest BCUT2D eigenvalue weighted by Crippen LogP contribution is -2.43. The summed E-state index contributed by atoms with van der Waals surface area (Å²) in [4.78, 5) is 12.1. The average Bonchev–Trinajstić information content (AvgIpc) is 3.19. The van der Waals surface area contributed by atoms with E-state index in [1.165, 1.54) is 11.1 Å². The largest absolute Gasteiger partial charge is 0.492 e. The van der Waals surface area contributed by atoms with Crippen LogP contribution in [-0.2, 0) is 0 Å². The Bertz CT molecular complexity index is 1190. The third-order valence-electron chi connectivity index (χ3n) is 6.09. The topological polar surface area (TPSA) is 55.2 Å². The van der Waals surface area contributed by atoms with E-state index in [0.29, 0.717) is 12.6 Å². The molecule has 0 spiro atoms. The van der Waals surface area contributed by atoms with Crippen molar-refractivity contribution in [2.75, 3.05) is 31.1 Å². The number of aromatic nitrogens is 3. The number of piperidine rings is 1. The van der Waals surface area contributed by atoms with Gasteiger partial charge in [0.05, 0.1) is 22.2 Å². The minimum atomic E-state index is 0.546. The van der Waals surface area contributed by atoms with Crippen molar-refractivity contribution in [1.82, 2.24) is 19.9 Å². The Morgan fingerprint density at radius 1 is 1.03 bits per heavy atom. The monoisotopic (exact) mass is 385 g/mol. The molecule has 0 aliphatic carbocycles. The van der Waals surface area contributed by atoms with Crippen molar-refractivity contribution in [2.45, 2.75) is 18.9 Å². The summed E-state index contributed by atoms with van der Waals surface area (Å²) >= 11 is 0. The zero-order valence-corrected chi connectivity index (χ0v) is 16.2. The van der Waals surface area contributed by atoms with Crippen LogP contribution < -0.4 is 15.0 Å². The molecule has 4 aromatic rings. The fourth-order valence-corrected chi connectivity index (χ4v) is 4.53. The molecule has 0 amide bonds. The summed E-state index contributed by atoms with van der Waals surface area (Å²) in [5, 5.41) is 4.83. The lowest BCUT2D eigenvalue weighted by molar-refractivity contribution is 0.296. The van der Waals surface area contributed by atoms with Gasteiger partial charge in [-0.25, -0.2) is 9.97 Å². The van der Waals surface area contributed by atoms with Gasteiger partial charge in [0.15, 0.2) is 0 Å². The van der Waals surface area contributed by atoms with Crippen molar-refractivity contribution in [3.8, 4) is 11.6 Å². The van der Waals surface area contributed by atoms with Crippen molar-refractivity contribution in [1.29, 1.82) is 0 Å². The summed E-state index contributed by atoms with van der Waals surface area (Å²) in [5.41, 5.74) is 4.23. The Kier molecular flexibility index (Phi) is 3.90. The molecule has 1 fully saturated rings. The van der Waals surface area contributed by atoms with E-state index >= 15 is 0 Å². The molecule has 3 aliphatic rings. The smallest absolute Gasteiger partial charge is 0.139 e. The zero-order chi connectivity index (χ0) is 19.2. The molecule has 0 unspecified atom stereocenters. The summed E-state index contributed by atoms with van der Waals surface area (Å²) in [6, 6.07) is 17.3. The van der Waals surface area contributed by atoms with E-state index in [4.69, 9.17) is 9.72 Å². The molecule has 146 valence electrons. The van der Waals surface area contributed by atoms with Crippen molar-refractivity contribution in [2.24, 2.45) is 0 Å². The Hall–Kier alpha value is -3.12. The van der Waals surface area contributed by atoms with Gasteiger partial charge in [0.2, 0.25) is 0 Å². The summed E-state index contributed by atoms with van der Waals surface area (Å²) in [7, 11) is 0. The molecule has 5 heterocycles. The van der Waals surface area contributed by atoms with Crippen molar-refractivity contribution in [3.05, 3.63) is 54.9 Å². The van der Waals surface area contributed by atoms with Crippen LogP contribution in [0.3, 0.4) is 0 Å². The molecule has 1 N–H and O–H groups in total. The Morgan fingerprint density at radius 2 is 1.97 bits per heavy atom. The van der Waals surface area contributed by atoms with Gasteiger partial charge in [0.25, 0.3) is 0 Å². The number of anilines is 1. The van der Waals surface area contributed by atoms with E-state index in [2.05, 4.69) is 56.2 Å². The molecule has 2 aromatic carbocycles. The van der Waals surface area contributed by atoms with Gasteiger partial charge in [-0.05, 0) is 43.2 Å². The molecule has 0 atom stereocenters. The first kappa shape index (κ1) is 16.8. The predicted octanol–water partition coefficient (Wildman–Crippen LogP) is 3.52. The van der Waals surface area contributed by atoms with E-state index in [0.717, 1.165) is 60.6 Å². The van der Waals surface area contributed by atoms with Crippen LogP contribution in [0.5, 0.6) is 5.75 Å². The van der Waals surface area contributed by atoms with Gasteiger partial charge in [0.1, 0.15) is 24.5 Å². The maximum atomic E-state index is 6.01. The van der Waals surface area contributed by atoms with E-state index in [1.54, 1.807) is 0 Å². The molecule has 0 radical (unpaired) electrons. The molecule has 6 heteroatoms. The highest BCUT2D eigenvalue weighted by Crippen LogP contribution is 2.30. The summed E-state index contributed by atoms with van der Waals surface area (Å²) in [6.45, 7) is 3.60. The highest BCUT2D eigenvalue weighted by molar-refractivity contribution is 5.92. The maximum absolute atomic E-state index is 6.01. The van der Waals surface area contributed by atoms with Crippen LogP contribution in [0.2, 0.25) is 0 Å². The van der Waals surface area contributed by atoms with Gasteiger partial charge in [-0.2, -0.15) is 0 Å². The molecule has 2 aromatic heterocycles. The van der Waals surface area contributed by atoms with Crippen molar-refractivity contribution < 1.29 is 4.74 Å². The fraction of sp³-hybridized carbons (Fsp3) is 0.304. The second kappa shape index (κ2) is 6.74. The van der Waals surface area contributed by atoms with Crippen LogP contribution in [0.25, 0.3) is 27.8 Å². The van der Waals surface area contributed by atoms with E-state index in [-0.39, 0.29) is 0 Å². The molecular weight excluding hydrogens is 362 g/mol. The van der Waals surface area contributed by atoms with Gasteiger partial charge < -0.3 is 15.0 Å². The van der Waals surface area contributed by atoms with Gasteiger partial charge in [-0.1, -0.05) is 12.1 Å². The number of rotatable bonds is 0. The number of imidazole rings is 1. The number of nitrogens with one attached hydrogen (secondary N) is 1. The van der Waals surface area contributed by atoms with Crippen LogP contribution in [0, 0.1) is 0 Å². The normalized spacial score (nSPS) is 17.4. The lowest BCUT2D eigenvalue weighted by Gasteiger charge is -2.34. The number of para-hydroxylation sites is 1. The van der Waals surface area contributed by atoms with Gasteiger partial charge in [-0.3, -0.25) is 4.57 Å². The molecule has 0 saturated carbocycles. The SMILES string of the molecule is c1cc2c3nc(ccc3c1)-n1cnc3ccc(cc31)OCCNC1CCN2CC1. The van der Waals surface area contributed by atoms with Crippen LogP contribution in [-0.4, -0.2) is 46.8 Å². The molecule has 6 bridgehead atoms. The number of pyridine rings is 1. The third kappa shape index (κ3) is 2.91. The van der Waals surface area contributed by atoms with E-state index in [9.17, 15) is 0 Å². The second-order valence-corrected chi connectivity index (χ2v) is 7.85. The van der Waals surface area contributed by atoms with Crippen LogP contribution >= 0.6 is 0 Å². The molecule has 6 nitrogen and oxygen atoms in total. The van der Waals surface area contributed by atoms with Crippen LogP contribution in [0.15, 0.2) is 54.9 Å². The maximum Gasteiger partial charge on any atom is 0.139 e. The van der Waals surface area contributed by atoms with Crippen LogP contribution in [0.1, 0.15) is 12.8 Å². The van der Waals surface area contributed by atoms with E-state index in [1.807, 2.05) is 18.5 Å². The summed E-state index contributed by atoms with van der Waals surface area (Å²) in [6.07, 6.45) is 4.11. The van der Waals surface area contributed by atoms with Gasteiger partial charge in [-0.15, -0.1) is 0 Å². The summed E-state index contributed by atoms with van der Waals surface area (Å²) in [5.74, 6) is 1.75. The first-order valence-corrected chi connectivity index (χ1v) is 10.3. The minimum Gasteiger partial charge on any atom is -0.492 e. The Labute approximate surface area is 169 Å². The molecular formula is C23H23N5O. The highest BCUT2D eigenvalue weighted by Gasteiger charge is 2.21. The van der Waals surface area contributed by atoms with Gasteiger partial charge in [0, 0.05) is 37.1 Å². The Balaban J connectivity index is 1.55. The number of hydrogen-bond acceptors (Lipinski definition) is 5. The van der Waals surface area contributed by atoms with Crippen LogP contribution in [0.4, 0.5) is 5.69 Å². The number of hydrogen-bond donors (Lipinski definition) is 1. The second-order valence-electron chi connectivity index (χ2n) is 7.85. The first-order chi connectivity index (χ1) is 14.3.